The summed E-state index contributed by atoms with van der Waals surface area (Å²) >= 11 is 0. The van der Waals surface area contributed by atoms with Gasteiger partial charge in [0, 0.05) is 6.04 Å². The summed E-state index contributed by atoms with van der Waals surface area (Å²) < 4.78 is 27.2. The van der Waals surface area contributed by atoms with Crippen LogP contribution in [0.1, 0.15) is 32.8 Å². The molecule has 0 bridgehead atoms. The zero-order chi connectivity index (χ0) is 14.8. The van der Waals surface area contributed by atoms with Crippen LogP contribution in [0.25, 0.3) is 0 Å². The molecule has 112 valence electrons. The van der Waals surface area contributed by atoms with Gasteiger partial charge in [0.2, 0.25) is 10.0 Å². The number of hydrogen-bond acceptors (Lipinski definition) is 3. The molecule has 0 radical (unpaired) electrons. The van der Waals surface area contributed by atoms with Gasteiger partial charge in [-0.3, -0.25) is 0 Å². The van der Waals surface area contributed by atoms with E-state index >= 15 is 0 Å². The monoisotopic (exact) mass is 296 g/mol. The molecule has 0 saturated heterocycles. The van der Waals surface area contributed by atoms with Crippen molar-refractivity contribution in [3.63, 3.8) is 0 Å². The van der Waals surface area contributed by atoms with Crippen LogP contribution in [0.4, 0.5) is 0 Å². The molecule has 0 spiro atoms. The van der Waals surface area contributed by atoms with Crippen LogP contribution in [0.3, 0.4) is 0 Å². The van der Waals surface area contributed by atoms with E-state index in [1.807, 2.05) is 12.1 Å². The predicted molar refractivity (Wildman–Crippen MR) is 81.2 cm³/mol. The molecule has 0 aliphatic heterocycles. The first-order valence-corrected chi connectivity index (χ1v) is 8.65. The molecule has 1 aromatic rings. The summed E-state index contributed by atoms with van der Waals surface area (Å²) in [6, 6.07) is 7.24. The van der Waals surface area contributed by atoms with Gasteiger partial charge in [-0.15, -0.1) is 0 Å². The first-order valence-electron chi connectivity index (χ1n) is 7.17. The van der Waals surface area contributed by atoms with Crippen LogP contribution in [0, 0.1) is 5.41 Å². The zero-order valence-corrected chi connectivity index (χ0v) is 13.3. The van der Waals surface area contributed by atoms with Gasteiger partial charge < -0.3 is 5.32 Å². The van der Waals surface area contributed by atoms with Gasteiger partial charge >= 0.3 is 0 Å². The van der Waals surface area contributed by atoms with E-state index in [4.69, 9.17) is 0 Å². The standard InChI is InChI=1S/C15H24N2O2S/c1-4-16-10-9-12-5-7-13(8-6-12)20(18,19)17-14-11-15(14,2)3/h5-8,14,16-17H,4,9-11H2,1-3H3. The zero-order valence-electron chi connectivity index (χ0n) is 12.4. The molecule has 1 saturated carbocycles. The second-order valence-electron chi connectivity index (χ2n) is 6.11. The molecule has 1 unspecified atom stereocenters. The Labute approximate surface area is 122 Å². The molecule has 4 nitrogen and oxygen atoms in total. The van der Waals surface area contributed by atoms with E-state index in [2.05, 4.69) is 30.8 Å². The minimum atomic E-state index is -3.38. The Morgan fingerprint density at radius 1 is 1.25 bits per heavy atom. The minimum absolute atomic E-state index is 0.0703. The van der Waals surface area contributed by atoms with Crippen molar-refractivity contribution >= 4 is 10.0 Å². The van der Waals surface area contributed by atoms with Gasteiger partial charge in [-0.1, -0.05) is 32.9 Å². The van der Waals surface area contributed by atoms with Crippen molar-refractivity contribution in [1.29, 1.82) is 0 Å². The van der Waals surface area contributed by atoms with Gasteiger partial charge in [0.05, 0.1) is 4.90 Å². The molecule has 0 aromatic heterocycles. The molecule has 5 heteroatoms. The number of hydrogen-bond donors (Lipinski definition) is 2. The molecule has 0 amide bonds. The highest BCUT2D eigenvalue weighted by atomic mass is 32.2. The second kappa shape index (κ2) is 5.84. The lowest BCUT2D eigenvalue weighted by molar-refractivity contribution is 0.555. The summed E-state index contributed by atoms with van der Waals surface area (Å²) in [7, 11) is -3.38. The van der Waals surface area contributed by atoms with Crippen molar-refractivity contribution in [3.8, 4) is 0 Å². The largest absolute Gasteiger partial charge is 0.317 e. The van der Waals surface area contributed by atoms with Crippen LogP contribution in [0.2, 0.25) is 0 Å². The fraction of sp³-hybridized carbons (Fsp3) is 0.600. The molecule has 1 aliphatic rings. The molecule has 2 rings (SSSR count). The molecule has 1 aliphatic carbocycles. The van der Waals surface area contributed by atoms with E-state index in [1.54, 1.807) is 12.1 Å². The van der Waals surface area contributed by atoms with Crippen molar-refractivity contribution in [1.82, 2.24) is 10.0 Å². The number of rotatable bonds is 7. The number of benzene rings is 1. The Kier molecular flexibility index (Phi) is 4.52. The van der Waals surface area contributed by atoms with Gasteiger partial charge in [0.15, 0.2) is 0 Å². The van der Waals surface area contributed by atoms with Crippen molar-refractivity contribution < 1.29 is 8.42 Å². The highest BCUT2D eigenvalue weighted by molar-refractivity contribution is 7.89. The Bertz CT molecular complexity index is 550. The molecule has 1 aromatic carbocycles. The van der Waals surface area contributed by atoms with Crippen molar-refractivity contribution in [3.05, 3.63) is 29.8 Å². The maximum absolute atomic E-state index is 12.2. The lowest BCUT2D eigenvalue weighted by Crippen LogP contribution is -2.28. The number of sulfonamides is 1. The van der Waals surface area contributed by atoms with E-state index in [0.29, 0.717) is 4.90 Å². The SMILES string of the molecule is CCNCCc1ccc(S(=O)(=O)NC2CC2(C)C)cc1. The summed E-state index contributed by atoms with van der Waals surface area (Å²) in [4.78, 5) is 0.354. The summed E-state index contributed by atoms with van der Waals surface area (Å²) in [5.74, 6) is 0. The Morgan fingerprint density at radius 2 is 1.85 bits per heavy atom. The Morgan fingerprint density at radius 3 is 2.35 bits per heavy atom. The Hall–Kier alpha value is -0.910. The van der Waals surface area contributed by atoms with Gasteiger partial charge in [-0.05, 0) is 49.0 Å². The summed E-state index contributed by atoms with van der Waals surface area (Å²) in [6.45, 7) is 8.08. The minimum Gasteiger partial charge on any atom is -0.317 e. The van der Waals surface area contributed by atoms with Gasteiger partial charge in [0.25, 0.3) is 0 Å². The fourth-order valence-corrected chi connectivity index (χ4v) is 3.58. The average Bonchev–Trinajstić information content (AvgIpc) is 2.96. The molecular formula is C15H24N2O2S. The third kappa shape index (κ3) is 3.81. The Balaban J connectivity index is 1.98. The van der Waals surface area contributed by atoms with E-state index in [0.717, 1.165) is 31.5 Å². The summed E-state index contributed by atoms with van der Waals surface area (Å²) in [5.41, 5.74) is 1.25. The molecule has 20 heavy (non-hydrogen) atoms. The third-order valence-corrected chi connectivity index (χ3v) is 5.37. The van der Waals surface area contributed by atoms with Crippen LogP contribution < -0.4 is 10.0 Å². The maximum atomic E-state index is 12.2. The normalized spacial score (nSPS) is 20.9. The molecule has 1 fully saturated rings. The topological polar surface area (TPSA) is 58.2 Å². The summed E-state index contributed by atoms with van der Waals surface area (Å²) in [5, 5.41) is 3.25. The highest BCUT2D eigenvalue weighted by Crippen LogP contribution is 2.45. The lowest BCUT2D eigenvalue weighted by atomic mass is 10.1. The van der Waals surface area contributed by atoms with E-state index in [9.17, 15) is 8.42 Å². The van der Waals surface area contributed by atoms with Crippen molar-refractivity contribution in [2.24, 2.45) is 5.41 Å². The first-order chi connectivity index (χ1) is 9.35. The third-order valence-electron chi connectivity index (χ3n) is 3.88. The first kappa shape index (κ1) is 15.5. The molecule has 1 atom stereocenters. The molecule has 2 N–H and O–H groups in total. The quantitative estimate of drug-likeness (QED) is 0.756. The van der Waals surface area contributed by atoms with Crippen LogP contribution in [0.5, 0.6) is 0 Å². The van der Waals surface area contributed by atoms with Crippen LogP contribution in [-0.4, -0.2) is 27.5 Å². The van der Waals surface area contributed by atoms with Crippen LogP contribution in [0.15, 0.2) is 29.2 Å². The van der Waals surface area contributed by atoms with Gasteiger partial charge in [0.1, 0.15) is 0 Å². The van der Waals surface area contributed by atoms with E-state index in [-0.39, 0.29) is 11.5 Å². The number of likely N-dealkylation sites (N-methyl/N-ethyl adjacent to an activating group) is 1. The van der Waals surface area contributed by atoms with Crippen LogP contribution in [-0.2, 0) is 16.4 Å². The smallest absolute Gasteiger partial charge is 0.240 e. The fourth-order valence-electron chi connectivity index (χ4n) is 2.17. The summed E-state index contributed by atoms with van der Waals surface area (Å²) in [6.07, 6.45) is 1.82. The van der Waals surface area contributed by atoms with Gasteiger partial charge in [-0.25, -0.2) is 13.1 Å². The van der Waals surface area contributed by atoms with E-state index in [1.165, 1.54) is 0 Å². The molecular weight excluding hydrogens is 272 g/mol. The van der Waals surface area contributed by atoms with Crippen molar-refractivity contribution in [2.45, 2.75) is 44.6 Å². The number of nitrogens with one attached hydrogen (secondary N) is 2. The highest BCUT2D eigenvalue weighted by Gasteiger charge is 2.47. The van der Waals surface area contributed by atoms with E-state index < -0.39 is 10.0 Å². The maximum Gasteiger partial charge on any atom is 0.240 e. The second-order valence-corrected chi connectivity index (χ2v) is 7.83. The van der Waals surface area contributed by atoms with Crippen molar-refractivity contribution in [2.75, 3.05) is 13.1 Å². The molecule has 0 heterocycles. The lowest BCUT2D eigenvalue weighted by Gasteiger charge is -2.09. The van der Waals surface area contributed by atoms with Crippen LogP contribution >= 0.6 is 0 Å². The van der Waals surface area contributed by atoms with Gasteiger partial charge in [-0.2, -0.15) is 0 Å². The predicted octanol–water partition coefficient (Wildman–Crippen LogP) is 1.92. The average molecular weight is 296 g/mol.